The predicted octanol–water partition coefficient (Wildman–Crippen LogP) is 1.96. The molecule has 2 aromatic rings. The van der Waals surface area contributed by atoms with Crippen LogP contribution in [0.1, 0.15) is 27.0 Å². The molecule has 2 aromatic carbocycles. The molecule has 0 aromatic heterocycles. The van der Waals surface area contributed by atoms with Crippen LogP contribution in [-0.2, 0) is 6.54 Å². The Bertz CT molecular complexity index is 792. The van der Waals surface area contributed by atoms with Crippen LogP contribution in [0.4, 0.5) is 0 Å². The summed E-state index contributed by atoms with van der Waals surface area (Å²) in [6.45, 7) is 2.40. The minimum atomic E-state index is -0.128. The number of rotatable bonds is 3. The highest BCUT2D eigenvalue weighted by molar-refractivity contribution is 6.15. The molecule has 3 rings (SSSR count). The highest BCUT2D eigenvalue weighted by Crippen LogP contribution is 2.41. The van der Waals surface area contributed by atoms with Gasteiger partial charge in [-0.15, -0.1) is 0 Å². The highest BCUT2D eigenvalue weighted by atomic mass is 16.5. The van der Waals surface area contributed by atoms with E-state index in [0.29, 0.717) is 29.2 Å². The molecule has 0 fully saturated rings. The summed E-state index contributed by atoms with van der Waals surface area (Å²) in [6, 6.07) is 11.2. The maximum Gasteiger partial charge on any atom is 0.232 e. The number of ketones is 1. The molecule has 1 heterocycles. The van der Waals surface area contributed by atoms with Gasteiger partial charge in [0.25, 0.3) is 0 Å². The molecule has 0 saturated heterocycles. The second-order valence-corrected chi connectivity index (χ2v) is 6.13. The first-order chi connectivity index (χ1) is 11.0. The lowest BCUT2D eigenvalue weighted by atomic mass is 9.99. The molecule has 118 valence electrons. The van der Waals surface area contributed by atoms with Crippen LogP contribution in [0, 0.1) is 6.92 Å². The van der Waals surface area contributed by atoms with Crippen LogP contribution >= 0.6 is 0 Å². The zero-order valence-corrected chi connectivity index (χ0v) is 13.5. The van der Waals surface area contributed by atoms with Crippen LogP contribution in [0.25, 0.3) is 6.08 Å². The summed E-state index contributed by atoms with van der Waals surface area (Å²) in [5.41, 5.74) is 2.87. The Balaban J connectivity index is 2.08. The summed E-state index contributed by atoms with van der Waals surface area (Å²) in [6.07, 6.45) is 1.74. The average Bonchev–Trinajstić information content (AvgIpc) is 2.82. The number of nitrogens with one attached hydrogen (secondary N) is 1. The summed E-state index contributed by atoms with van der Waals surface area (Å²) in [5.74, 6) is 0.846. The van der Waals surface area contributed by atoms with E-state index < -0.39 is 0 Å². The van der Waals surface area contributed by atoms with Gasteiger partial charge in [-0.2, -0.15) is 0 Å². The smallest absolute Gasteiger partial charge is 0.232 e. The third-order valence-electron chi connectivity index (χ3n) is 3.85. The molecule has 1 aliphatic heterocycles. The zero-order valence-electron chi connectivity index (χ0n) is 13.5. The Morgan fingerprint density at radius 2 is 1.91 bits per heavy atom. The molecule has 0 atom stereocenters. The number of ether oxygens (including phenoxy) is 1. The van der Waals surface area contributed by atoms with E-state index in [1.165, 1.54) is 0 Å². The van der Waals surface area contributed by atoms with Crippen molar-refractivity contribution >= 4 is 11.9 Å². The second kappa shape index (κ2) is 5.89. The first-order valence-corrected chi connectivity index (χ1v) is 7.61. The van der Waals surface area contributed by atoms with Crippen LogP contribution in [-0.4, -0.2) is 25.0 Å². The Morgan fingerprint density at radius 1 is 1.22 bits per heavy atom. The van der Waals surface area contributed by atoms with Crippen molar-refractivity contribution < 1.29 is 19.5 Å². The van der Waals surface area contributed by atoms with E-state index >= 15 is 0 Å². The van der Waals surface area contributed by atoms with Crippen molar-refractivity contribution in [2.45, 2.75) is 13.5 Å². The Morgan fingerprint density at radius 3 is 2.57 bits per heavy atom. The summed E-state index contributed by atoms with van der Waals surface area (Å²) in [4.78, 5) is 13.8. The predicted molar refractivity (Wildman–Crippen MR) is 88.7 cm³/mol. The quantitative estimate of drug-likeness (QED) is 0.852. The van der Waals surface area contributed by atoms with Gasteiger partial charge in [0.2, 0.25) is 5.78 Å². The molecule has 0 aliphatic carbocycles. The van der Waals surface area contributed by atoms with E-state index in [9.17, 15) is 9.90 Å². The van der Waals surface area contributed by atoms with Crippen molar-refractivity contribution in [3.05, 3.63) is 64.4 Å². The third-order valence-corrected chi connectivity index (χ3v) is 3.85. The number of carbonyl (C=O) groups is 1. The molecular weight excluding hydrogens is 290 g/mol. The van der Waals surface area contributed by atoms with Crippen molar-refractivity contribution in [1.82, 2.24) is 0 Å². The summed E-state index contributed by atoms with van der Waals surface area (Å²) in [5, 5.41) is 10.2. The minimum absolute atomic E-state index is 0.128. The lowest BCUT2D eigenvalue weighted by Gasteiger charge is -2.13. The van der Waals surface area contributed by atoms with Crippen molar-refractivity contribution in [1.29, 1.82) is 0 Å². The van der Waals surface area contributed by atoms with Crippen molar-refractivity contribution in [3.63, 3.8) is 0 Å². The van der Waals surface area contributed by atoms with Crippen LogP contribution < -0.4 is 9.64 Å². The number of carbonyl (C=O) groups excluding carboxylic acids is 1. The Kier molecular flexibility index (Phi) is 3.92. The van der Waals surface area contributed by atoms with Gasteiger partial charge in [-0.3, -0.25) is 4.79 Å². The fraction of sp³-hybridized carbons (Fsp3) is 0.211. The molecule has 1 aliphatic rings. The lowest BCUT2D eigenvalue weighted by Crippen LogP contribution is -3.04. The van der Waals surface area contributed by atoms with Gasteiger partial charge in [-0.1, -0.05) is 30.3 Å². The molecule has 0 amide bonds. The molecule has 0 saturated carbocycles. The number of fused-ring (bicyclic) bond motifs is 1. The molecule has 0 bridgehead atoms. The number of quaternary nitrogens is 1. The van der Waals surface area contributed by atoms with Gasteiger partial charge < -0.3 is 14.7 Å². The summed E-state index contributed by atoms with van der Waals surface area (Å²) >= 11 is 0. The zero-order chi connectivity index (χ0) is 16.6. The van der Waals surface area contributed by atoms with E-state index in [0.717, 1.165) is 16.0 Å². The summed E-state index contributed by atoms with van der Waals surface area (Å²) in [7, 11) is 3.98. The molecule has 0 spiro atoms. The van der Waals surface area contributed by atoms with E-state index in [2.05, 4.69) is 0 Å². The first kappa shape index (κ1) is 15.3. The minimum Gasteiger partial charge on any atom is -0.507 e. The molecule has 2 N–H and O–H groups in total. The number of aromatic hydroxyl groups is 1. The highest BCUT2D eigenvalue weighted by Gasteiger charge is 2.33. The van der Waals surface area contributed by atoms with E-state index in [-0.39, 0.29) is 11.5 Å². The van der Waals surface area contributed by atoms with Gasteiger partial charge in [0.1, 0.15) is 12.3 Å². The molecule has 4 nitrogen and oxygen atoms in total. The largest absolute Gasteiger partial charge is 0.507 e. The summed E-state index contributed by atoms with van der Waals surface area (Å²) < 4.78 is 5.86. The van der Waals surface area contributed by atoms with E-state index in [4.69, 9.17) is 4.74 Å². The van der Waals surface area contributed by atoms with Gasteiger partial charge >= 0.3 is 0 Å². The maximum atomic E-state index is 12.7. The Hall–Kier alpha value is -2.59. The number of allylic oxidation sites excluding steroid dienone is 1. The van der Waals surface area contributed by atoms with Crippen LogP contribution in [0.3, 0.4) is 0 Å². The SMILES string of the molecule is Cc1cc(O)c(C[NH+](C)C)c2c1C(=O)/C(=C/c1ccccc1)O2. The topological polar surface area (TPSA) is 51.0 Å². The Labute approximate surface area is 135 Å². The monoisotopic (exact) mass is 310 g/mol. The van der Waals surface area contributed by atoms with Gasteiger partial charge in [0, 0.05) is 0 Å². The number of aryl methyl sites for hydroxylation is 1. The molecule has 0 unspecified atom stereocenters. The molecular formula is C19H20NO3+. The standard InChI is InChI=1S/C19H19NO3/c1-12-9-15(21)14(11-20(2)3)19-17(12)18(22)16(23-19)10-13-7-5-4-6-8-13/h4-10,21H,11H2,1-3H3/p+1/b16-10-. The lowest BCUT2D eigenvalue weighted by molar-refractivity contribution is -0.872. The third kappa shape index (κ3) is 2.85. The molecule has 23 heavy (non-hydrogen) atoms. The van der Waals surface area contributed by atoms with E-state index in [1.807, 2.05) is 51.4 Å². The van der Waals surface area contributed by atoms with Crippen molar-refractivity contribution in [2.75, 3.05) is 14.1 Å². The molecule has 0 radical (unpaired) electrons. The molecule has 4 heteroatoms. The van der Waals surface area contributed by atoms with Crippen LogP contribution in [0.5, 0.6) is 11.5 Å². The van der Waals surface area contributed by atoms with Crippen molar-refractivity contribution in [2.24, 2.45) is 0 Å². The number of Topliss-reactive ketones (excluding diaryl/α,β-unsaturated/α-hetero) is 1. The van der Waals surface area contributed by atoms with E-state index in [1.54, 1.807) is 12.1 Å². The van der Waals surface area contributed by atoms with Crippen molar-refractivity contribution in [3.8, 4) is 11.5 Å². The van der Waals surface area contributed by atoms with Gasteiger partial charge in [-0.25, -0.2) is 0 Å². The fourth-order valence-electron chi connectivity index (χ4n) is 2.81. The number of hydrogen-bond donors (Lipinski definition) is 2. The van der Waals surface area contributed by atoms with Gasteiger partial charge in [-0.05, 0) is 30.2 Å². The number of phenolic OH excluding ortho intramolecular Hbond substituents is 1. The van der Waals surface area contributed by atoms with Gasteiger partial charge in [0.15, 0.2) is 11.5 Å². The fourth-order valence-corrected chi connectivity index (χ4v) is 2.81. The second-order valence-electron chi connectivity index (χ2n) is 6.13. The number of benzene rings is 2. The van der Waals surface area contributed by atoms with Crippen LogP contribution in [0.15, 0.2) is 42.2 Å². The van der Waals surface area contributed by atoms with Gasteiger partial charge in [0.05, 0.1) is 25.2 Å². The first-order valence-electron chi connectivity index (χ1n) is 7.61. The normalized spacial score (nSPS) is 15.1. The average molecular weight is 310 g/mol. The maximum absolute atomic E-state index is 12.7. The number of phenols is 1. The van der Waals surface area contributed by atoms with Crippen LogP contribution in [0.2, 0.25) is 0 Å². The number of hydrogen-bond acceptors (Lipinski definition) is 3.